The van der Waals surface area contributed by atoms with E-state index in [-0.39, 0.29) is 17.2 Å². The van der Waals surface area contributed by atoms with E-state index in [9.17, 15) is 27.1 Å². The van der Waals surface area contributed by atoms with Crippen molar-refractivity contribution in [3.8, 4) is 5.75 Å². The molecule has 0 heterocycles. The van der Waals surface area contributed by atoms with Crippen LogP contribution in [0.4, 0.5) is 27.6 Å². The van der Waals surface area contributed by atoms with Crippen LogP contribution in [0.25, 0.3) is 0 Å². The van der Waals surface area contributed by atoms with E-state index in [0.29, 0.717) is 5.56 Å². The average Bonchev–Trinajstić information content (AvgIpc) is 2.79. The Morgan fingerprint density at radius 2 is 1.18 bits per heavy atom. The summed E-state index contributed by atoms with van der Waals surface area (Å²) in [4.78, 5) is 3.55. The van der Waals surface area contributed by atoms with Gasteiger partial charge in [0.2, 0.25) is 5.82 Å². The standard InChI is InChI=1S/C26H30F5NO/c1-16-13-14-18(17-11-9-7-5-3-2-4-6-8-10-12-17)26(33)19(16)15-32-25-23(30)21(28)20(27)22(29)24(25)31/h13-15,17,33H,2-12H2,1H3. The van der Waals surface area contributed by atoms with Crippen molar-refractivity contribution in [3.05, 3.63) is 57.9 Å². The molecule has 1 saturated carbocycles. The highest BCUT2D eigenvalue weighted by Gasteiger charge is 2.25. The quantitative estimate of drug-likeness (QED) is 0.209. The zero-order valence-electron chi connectivity index (χ0n) is 18.9. The van der Waals surface area contributed by atoms with Crippen molar-refractivity contribution in [1.29, 1.82) is 0 Å². The molecule has 0 spiro atoms. The van der Waals surface area contributed by atoms with Crippen LogP contribution in [-0.4, -0.2) is 11.3 Å². The first-order valence-corrected chi connectivity index (χ1v) is 11.7. The maximum atomic E-state index is 14.0. The molecule has 0 aliphatic heterocycles. The summed E-state index contributed by atoms with van der Waals surface area (Å²) in [6.45, 7) is 1.68. The topological polar surface area (TPSA) is 32.6 Å². The predicted octanol–water partition coefficient (Wildman–Crippen LogP) is 8.54. The van der Waals surface area contributed by atoms with Gasteiger partial charge < -0.3 is 5.11 Å². The zero-order valence-corrected chi connectivity index (χ0v) is 18.9. The summed E-state index contributed by atoms with van der Waals surface area (Å²) in [5, 5.41) is 11.0. The van der Waals surface area contributed by atoms with E-state index < -0.39 is 34.8 Å². The number of halogens is 5. The van der Waals surface area contributed by atoms with E-state index in [1.54, 1.807) is 13.0 Å². The molecule has 1 N–H and O–H groups in total. The van der Waals surface area contributed by atoms with Crippen LogP contribution in [0.3, 0.4) is 0 Å². The number of phenolic OH excluding ortho intramolecular Hbond substituents is 1. The fourth-order valence-corrected chi connectivity index (χ4v) is 4.53. The van der Waals surface area contributed by atoms with Crippen molar-refractivity contribution < 1.29 is 27.1 Å². The van der Waals surface area contributed by atoms with E-state index in [1.807, 2.05) is 6.07 Å². The molecule has 180 valence electrons. The van der Waals surface area contributed by atoms with Gasteiger partial charge >= 0.3 is 0 Å². The van der Waals surface area contributed by atoms with E-state index in [1.165, 1.54) is 32.1 Å². The molecule has 0 amide bonds. The molecule has 1 aliphatic carbocycles. The number of benzene rings is 2. The smallest absolute Gasteiger partial charge is 0.200 e. The molecule has 1 aliphatic rings. The summed E-state index contributed by atoms with van der Waals surface area (Å²) < 4.78 is 68.3. The Morgan fingerprint density at radius 3 is 1.70 bits per heavy atom. The molecule has 0 bridgehead atoms. The van der Waals surface area contributed by atoms with Crippen LogP contribution in [0.15, 0.2) is 17.1 Å². The fraction of sp³-hybridized carbons (Fsp3) is 0.500. The fourth-order valence-electron chi connectivity index (χ4n) is 4.53. The second-order valence-electron chi connectivity index (χ2n) is 8.87. The van der Waals surface area contributed by atoms with Crippen LogP contribution in [0, 0.1) is 36.0 Å². The average molecular weight is 468 g/mol. The molecule has 0 radical (unpaired) electrons. The first-order chi connectivity index (χ1) is 15.8. The molecule has 0 saturated heterocycles. The van der Waals surface area contributed by atoms with Gasteiger partial charge in [-0.25, -0.2) is 26.9 Å². The summed E-state index contributed by atoms with van der Waals surface area (Å²) in [6.07, 6.45) is 13.4. The van der Waals surface area contributed by atoms with Gasteiger partial charge in [0, 0.05) is 11.8 Å². The minimum Gasteiger partial charge on any atom is -0.507 e. The lowest BCUT2D eigenvalue weighted by atomic mass is 9.85. The third kappa shape index (κ3) is 5.92. The van der Waals surface area contributed by atoms with Gasteiger partial charge in [0.1, 0.15) is 11.4 Å². The summed E-state index contributed by atoms with van der Waals surface area (Å²) in [5.74, 6) is -10.3. The van der Waals surface area contributed by atoms with E-state index in [0.717, 1.165) is 50.3 Å². The molecule has 2 aromatic rings. The maximum Gasteiger partial charge on any atom is 0.200 e. The number of phenols is 1. The molecular formula is C26H30F5NO. The third-order valence-corrected chi connectivity index (χ3v) is 6.52. The van der Waals surface area contributed by atoms with E-state index >= 15 is 0 Å². The number of hydrogen-bond donors (Lipinski definition) is 1. The van der Waals surface area contributed by atoms with Crippen LogP contribution in [0.2, 0.25) is 0 Å². The number of aliphatic imine (C=N–C) groups is 1. The van der Waals surface area contributed by atoms with Gasteiger partial charge in [-0.1, -0.05) is 69.9 Å². The number of nitrogens with zero attached hydrogens (tertiary/aromatic N) is 1. The molecule has 0 atom stereocenters. The van der Waals surface area contributed by atoms with Crippen LogP contribution < -0.4 is 0 Å². The minimum atomic E-state index is -2.23. The molecule has 3 rings (SSSR count). The molecular weight excluding hydrogens is 437 g/mol. The molecule has 2 aromatic carbocycles. The lowest BCUT2D eigenvalue weighted by Gasteiger charge is -2.21. The maximum absolute atomic E-state index is 14.0. The first-order valence-electron chi connectivity index (χ1n) is 11.7. The largest absolute Gasteiger partial charge is 0.507 e. The van der Waals surface area contributed by atoms with Crippen LogP contribution in [-0.2, 0) is 0 Å². The molecule has 33 heavy (non-hydrogen) atoms. The Labute approximate surface area is 191 Å². The van der Waals surface area contributed by atoms with Crippen LogP contribution in [0.1, 0.15) is 93.2 Å². The zero-order chi connectivity index (χ0) is 24.0. The lowest BCUT2D eigenvalue weighted by molar-refractivity contribution is 0.381. The lowest BCUT2D eigenvalue weighted by Crippen LogP contribution is -2.04. The van der Waals surface area contributed by atoms with Crippen molar-refractivity contribution in [2.75, 3.05) is 0 Å². The van der Waals surface area contributed by atoms with Gasteiger partial charge in [0.05, 0.1) is 0 Å². The van der Waals surface area contributed by atoms with Crippen molar-refractivity contribution in [3.63, 3.8) is 0 Å². The van der Waals surface area contributed by atoms with E-state index in [2.05, 4.69) is 4.99 Å². The summed E-state index contributed by atoms with van der Waals surface area (Å²) in [7, 11) is 0. The molecule has 7 heteroatoms. The van der Waals surface area contributed by atoms with Gasteiger partial charge in [-0.2, -0.15) is 0 Å². The van der Waals surface area contributed by atoms with Gasteiger partial charge in [-0.15, -0.1) is 0 Å². The second-order valence-corrected chi connectivity index (χ2v) is 8.87. The Kier molecular flexibility index (Phi) is 8.87. The van der Waals surface area contributed by atoms with Crippen molar-refractivity contribution >= 4 is 11.9 Å². The van der Waals surface area contributed by atoms with Gasteiger partial charge in [-0.3, -0.25) is 0 Å². The number of rotatable bonds is 3. The Balaban J connectivity index is 1.92. The monoisotopic (exact) mass is 467 g/mol. The molecule has 2 nitrogen and oxygen atoms in total. The summed E-state index contributed by atoms with van der Waals surface area (Å²) in [5.41, 5.74) is 0.248. The van der Waals surface area contributed by atoms with E-state index in [4.69, 9.17) is 0 Å². The highest BCUT2D eigenvalue weighted by molar-refractivity contribution is 5.88. The molecule has 1 fully saturated rings. The number of hydrogen-bond acceptors (Lipinski definition) is 2. The summed E-state index contributed by atoms with van der Waals surface area (Å²) >= 11 is 0. The van der Waals surface area contributed by atoms with Gasteiger partial charge in [-0.05, 0) is 36.8 Å². The Hall–Kier alpha value is -2.44. The minimum absolute atomic E-state index is 0.0558. The molecule has 0 unspecified atom stereocenters. The third-order valence-electron chi connectivity index (χ3n) is 6.52. The van der Waals surface area contributed by atoms with Crippen molar-refractivity contribution in [2.24, 2.45) is 4.99 Å². The van der Waals surface area contributed by atoms with Gasteiger partial charge in [0.25, 0.3) is 0 Å². The second kappa shape index (κ2) is 11.6. The highest BCUT2D eigenvalue weighted by atomic mass is 19.2. The highest BCUT2D eigenvalue weighted by Crippen LogP contribution is 2.38. The Bertz CT molecular complexity index is 964. The van der Waals surface area contributed by atoms with Gasteiger partial charge in [0.15, 0.2) is 23.3 Å². The Morgan fingerprint density at radius 1 is 0.727 bits per heavy atom. The number of aryl methyl sites for hydroxylation is 1. The van der Waals surface area contributed by atoms with Crippen molar-refractivity contribution in [2.45, 2.75) is 83.5 Å². The van der Waals surface area contributed by atoms with Crippen LogP contribution >= 0.6 is 0 Å². The SMILES string of the molecule is Cc1ccc(C2CCCCCCCCCCC2)c(O)c1C=Nc1c(F)c(F)c(F)c(F)c1F. The number of aromatic hydroxyl groups is 1. The predicted molar refractivity (Wildman–Crippen MR) is 120 cm³/mol. The van der Waals surface area contributed by atoms with Crippen LogP contribution in [0.5, 0.6) is 5.75 Å². The normalized spacial score (nSPS) is 17.2. The first kappa shape index (κ1) is 25.2. The molecule has 0 aromatic heterocycles. The van der Waals surface area contributed by atoms with Crippen molar-refractivity contribution in [1.82, 2.24) is 0 Å². The summed E-state index contributed by atoms with van der Waals surface area (Å²) in [6, 6.07) is 3.64.